The van der Waals surface area contributed by atoms with Gasteiger partial charge in [-0.1, -0.05) is 11.6 Å². The summed E-state index contributed by atoms with van der Waals surface area (Å²) in [6, 6.07) is 0. The van der Waals surface area contributed by atoms with Crippen LogP contribution in [0, 0.1) is 0 Å². The summed E-state index contributed by atoms with van der Waals surface area (Å²) in [5.74, 6) is 0. The monoisotopic (exact) mass is 143 g/mol. The highest BCUT2D eigenvalue weighted by Gasteiger charge is 2.14. The molecule has 0 saturated carbocycles. The molecule has 0 spiro atoms. The highest BCUT2D eigenvalue weighted by atomic mass is 16.3. The number of nitrogens with one attached hydrogen (secondary N) is 1. The molecule has 0 aromatic heterocycles. The number of hydrogen-bond acceptors (Lipinski definition) is 2. The fraction of sp³-hybridized carbons (Fsp3) is 0.750. The van der Waals surface area contributed by atoms with Crippen molar-refractivity contribution < 1.29 is 5.11 Å². The summed E-state index contributed by atoms with van der Waals surface area (Å²) < 4.78 is 0. The van der Waals surface area contributed by atoms with E-state index in [0.717, 1.165) is 5.57 Å². The zero-order valence-electron chi connectivity index (χ0n) is 7.23. The number of rotatable bonds is 3. The first-order chi connectivity index (χ1) is 4.48. The molecule has 2 nitrogen and oxygen atoms in total. The van der Waals surface area contributed by atoms with E-state index in [1.165, 1.54) is 0 Å². The minimum absolute atomic E-state index is 0.595. The van der Waals surface area contributed by atoms with Gasteiger partial charge in [-0.05, 0) is 27.8 Å². The molecule has 1 atom stereocenters. The molecule has 2 heteroatoms. The van der Waals surface area contributed by atoms with Crippen LogP contribution in [-0.4, -0.2) is 24.3 Å². The van der Waals surface area contributed by atoms with E-state index in [2.05, 4.69) is 5.32 Å². The van der Waals surface area contributed by atoms with Crippen molar-refractivity contribution in [3.63, 3.8) is 0 Å². The Kier molecular flexibility index (Phi) is 3.61. The summed E-state index contributed by atoms with van der Waals surface area (Å²) in [6.45, 7) is 6.34. The lowest BCUT2D eigenvalue weighted by atomic mass is 10.0. The van der Waals surface area contributed by atoms with Crippen molar-refractivity contribution >= 4 is 0 Å². The third-order valence-electron chi connectivity index (χ3n) is 1.13. The summed E-state index contributed by atoms with van der Waals surface area (Å²) in [5, 5.41) is 12.5. The minimum Gasteiger partial charge on any atom is -0.385 e. The van der Waals surface area contributed by atoms with Gasteiger partial charge in [0.2, 0.25) is 0 Å². The van der Waals surface area contributed by atoms with E-state index < -0.39 is 5.60 Å². The fourth-order valence-electron chi connectivity index (χ4n) is 1.03. The molecule has 0 rings (SSSR count). The number of likely N-dealkylation sites (N-methyl/N-ethyl adjacent to an activating group) is 1. The van der Waals surface area contributed by atoms with Crippen LogP contribution in [0.1, 0.15) is 20.8 Å². The molecule has 0 bridgehead atoms. The standard InChI is InChI=1S/C8H17NO/c1-7(2)5-8(3,10)6-9-4/h5,9-10H,6H2,1-4H3. The first kappa shape index (κ1) is 9.66. The van der Waals surface area contributed by atoms with Crippen molar-refractivity contribution in [3.8, 4) is 0 Å². The molecule has 60 valence electrons. The number of aliphatic hydroxyl groups is 1. The molecule has 0 aliphatic heterocycles. The normalized spacial score (nSPS) is 16.1. The highest BCUT2D eigenvalue weighted by molar-refractivity contribution is 5.05. The molecule has 0 aliphatic carbocycles. The third-order valence-corrected chi connectivity index (χ3v) is 1.13. The lowest BCUT2D eigenvalue weighted by molar-refractivity contribution is 0.112. The molecule has 0 aromatic carbocycles. The lowest BCUT2D eigenvalue weighted by Gasteiger charge is -2.18. The van der Waals surface area contributed by atoms with Crippen LogP contribution >= 0.6 is 0 Å². The predicted octanol–water partition coefficient (Wildman–Crippen LogP) is 0.923. The van der Waals surface area contributed by atoms with Crippen molar-refractivity contribution in [3.05, 3.63) is 11.6 Å². The topological polar surface area (TPSA) is 32.3 Å². The SMILES string of the molecule is CNCC(C)(O)C=C(C)C. The van der Waals surface area contributed by atoms with Crippen LogP contribution in [0.4, 0.5) is 0 Å². The van der Waals surface area contributed by atoms with Gasteiger partial charge in [-0.2, -0.15) is 0 Å². The molecule has 0 aliphatic rings. The van der Waals surface area contributed by atoms with Gasteiger partial charge in [0.15, 0.2) is 0 Å². The quantitative estimate of drug-likeness (QED) is 0.576. The lowest BCUT2D eigenvalue weighted by Crippen LogP contribution is -2.34. The van der Waals surface area contributed by atoms with Crippen LogP contribution in [0.15, 0.2) is 11.6 Å². The summed E-state index contributed by atoms with van der Waals surface area (Å²) in [5.41, 5.74) is 0.438. The van der Waals surface area contributed by atoms with Gasteiger partial charge in [-0.25, -0.2) is 0 Å². The first-order valence-electron chi connectivity index (χ1n) is 3.51. The van der Waals surface area contributed by atoms with E-state index in [0.29, 0.717) is 6.54 Å². The summed E-state index contributed by atoms with van der Waals surface area (Å²) in [6.07, 6.45) is 1.85. The highest BCUT2D eigenvalue weighted by Crippen LogP contribution is 2.06. The van der Waals surface area contributed by atoms with Gasteiger partial charge in [-0.15, -0.1) is 0 Å². The molecule has 0 amide bonds. The molecule has 0 radical (unpaired) electrons. The molecule has 10 heavy (non-hydrogen) atoms. The maximum absolute atomic E-state index is 9.55. The van der Waals surface area contributed by atoms with Gasteiger partial charge in [0.05, 0.1) is 5.60 Å². The second-order valence-electron chi connectivity index (χ2n) is 3.11. The predicted molar refractivity (Wildman–Crippen MR) is 44.0 cm³/mol. The number of hydrogen-bond donors (Lipinski definition) is 2. The van der Waals surface area contributed by atoms with Gasteiger partial charge in [0, 0.05) is 6.54 Å². The second-order valence-corrected chi connectivity index (χ2v) is 3.11. The second kappa shape index (κ2) is 3.74. The fourth-order valence-corrected chi connectivity index (χ4v) is 1.03. The van der Waals surface area contributed by atoms with E-state index >= 15 is 0 Å². The van der Waals surface area contributed by atoms with E-state index in [1.807, 2.05) is 27.0 Å². The van der Waals surface area contributed by atoms with E-state index in [4.69, 9.17) is 0 Å². The zero-order valence-corrected chi connectivity index (χ0v) is 7.23. The average Bonchev–Trinajstić information content (AvgIpc) is 1.59. The molecule has 0 saturated heterocycles. The maximum Gasteiger partial charge on any atom is 0.0925 e. The van der Waals surface area contributed by atoms with Gasteiger partial charge in [0.25, 0.3) is 0 Å². The maximum atomic E-state index is 9.55. The van der Waals surface area contributed by atoms with Crippen LogP contribution in [-0.2, 0) is 0 Å². The van der Waals surface area contributed by atoms with Crippen LogP contribution in [0.5, 0.6) is 0 Å². The number of allylic oxidation sites excluding steroid dienone is 1. The van der Waals surface area contributed by atoms with E-state index in [-0.39, 0.29) is 0 Å². The molecule has 0 heterocycles. The van der Waals surface area contributed by atoms with Crippen molar-refractivity contribution in [2.75, 3.05) is 13.6 Å². The van der Waals surface area contributed by atoms with E-state index in [1.54, 1.807) is 6.92 Å². The Morgan fingerprint density at radius 3 is 2.40 bits per heavy atom. The van der Waals surface area contributed by atoms with Crippen molar-refractivity contribution in [1.29, 1.82) is 0 Å². The average molecular weight is 143 g/mol. The van der Waals surface area contributed by atoms with Crippen molar-refractivity contribution in [2.45, 2.75) is 26.4 Å². The Hall–Kier alpha value is -0.340. The largest absolute Gasteiger partial charge is 0.385 e. The van der Waals surface area contributed by atoms with Crippen molar-refractivity contribution in [2.24, 2.45) is 0 Å². The van der Waals surface area contributed by atoms with Gasteiger partial charge in [0.1, 0.15) is 0 Å². The van der Waals surface area contributed by atoms with Gasteiger partial charge >= 0.3 is 0 Å². The Labute approximate surface area is 62.9 Å². The molecule has 2 N–H and O–H groups in total. The van der Waals surface area contributed by atoms with E-state index in [9.17, 15) is 5.11 Å². The summed E-state index contributed by atoms with van der Waals surface area (Å²) in [4.78, 5) is 0. The Morgan fingerprint density at radius 1 is 1.60 bits per heavy atom. The minimum atomic E-state index is -0.701. The molecule has 1 unspecified atom stereocenters. The molecular formula is C8H17NO. The Balaban J connectivity index is 3.98. The smallest absolute Gasteiger partial charge is 0.0925 e. The Bertz CT molecular complexity index is 123. The van der Waals surface area contributed by atoms with Gasteiger partial charge < -0.3 is 10.4 Å². The molecule has 0 fully saturated rings. The zero-order chi connectivity index (χ0) is 8.20. The van der Waals surface area contributed by atoms with Crippen LogP contribution in [0.25, 0.3) is 0 Å². The van der Waals surface area contributed by atoms with Crippen molar-refractivity contribution in [1.82, 2.24) is 5.32 Å². The van der Waals surface area contributed by atoms with Crippen LogP contribution in [0.2, 0.25) is 0 Å². The Morgan fingerprint density at radius 2 is 2.10 bits per heavy atom. The molecule has 0 aromatic rings. The first-order valence-corrected chi connectivity index (χ1v) is 3.51. The van der Waals surface area contributed by atoms with Crippen LogP contribution in [0.3, 0.4) is 0 Å². The third kappa shape index (κ3) is 4.53. The van der Waals surface area contributed by atoms with Gasteiger partial charge in [-0.3, -0.25) is 0 Å². The molecular weight excluding hydrogens is 126 g/mol. The summed E-state index contributed by atoms with van der Waals surface area (Å²) in [7, 11) is 1.83. The summed E-state index contributed by atoms with van der Waals surface area (Å²) >= 11 is 0. The van der Waals surface area contributed by atoms with Crippen LogP contribution < -0.4 is 5.32 Å².